The molecular formula is C24H27N3O4S. The van der Waals surface area contributed by atoms with Crippen molar-refractivity contribution >= 4 is 15.7 Å². The number of aryl methyl sites for hydroxylation is 2. The highest BCUT2D eigenvalue weighted by atomic mass is 32.2. The molecule has 1 aromatic heterocycles. The van der Waals surface area contributed by atoms with Crippen molar-refractivity contribution in [2.45, 2.75) is 51.0 Å². The van der Waals surface area contributed by atoms with E-state index in [1.807, 2.05) is 13.0 Å². The van der Waals surface area contributed by atoms with Crippen molar-refractivity contribution in [3.63, 3.8) is 0 Å². The Balaban J connectivity index is 1.79. The van der Waals surface area contributed by atoms with Gasteiger partial charge in [0.25, 0.3) is 15.6 Å². The van der Waals surface area contributed by atoms with E-state index < -0.39 is 10.0 Å². The van der Waals surface area contributed by atoms with Crippen LogP contribution in [0.25, 0.3) is 11.3 Å². The van der Waals surface area contributed by atoms with E-state index in [4.69, 9.17) is 4.74 Å². The Hall–Kier alpha value is -3.13. The van der Waals surface area contributed by atoms with Crippen LogP contribution >= 0.6 is 0 Å². The number of nitrogens with zero attached hydrogens (tertiary/aromatic N) is 2. The zero-order valence-corrected chi connectivity index (χ0v) is 19.3. The van der Waals surface area contributed by atoms with Crippen LogP contribution in [0.5, 0.6) is 5.75 Å². The number of sulfonamides is 1. The summed E-state index contributed by atoms with van der Waals surface area (Å²) in [5.41, 5.74) is 4.20. The van der Waals surface area contributed by atoms with Crippen molar-refractivity contribution in [3.8, 4) is 17.0 Å². The summed E-state index contributed by atoms with van der Waals surface area (Å²) in [5.74, 6) is 0.646. The lowest BCUT2D eigenvalue weighted by atomic mass is 9.89. The molecule has 0 saturated heterocycles. The lowest BCUT2D eigenvalue weighted by molar-refractivity contribution is 0.415. The average Bonchev–Trinajstić information content (AvgIpc) is 2.80. The third-order valence-corrected chi connectivity index (χ3v) is 7.38. The van der Waals surface area contributed by atoms with Gasteiger partial charge in [-0.1, -0.05) is 12.1 Å². The van der Waals surface area contributed by atoms with Gasteiger partial charge in [0.05, 0.1) is 17.7 Å². The Morgan fingerprint density at radius 3 is 2.41 bits per heavy atom. The molecule has 1 heterocycles. The van der Waals surface area contributed by atoms with Gasteiger partial charge in [0.2, 0.25) is 0 Å². The Morgan fingerprint density at radius 1 is 1.06 bits per heavy atom. The fourth-order valence-electron chi connectivity index (χ4n) is 4.14. The summed E-state index contributed by atoms with van der Waals surface area (Å²) < 4.78 is 35.7. The highest BCUT2D eigenvalue weighted by Gasteiger charge is 2.23. The zero-order chi connectivity index (χ0) is 22.9. The van der Waals surface area contributed by atoms with Gasteiger partial charge in [-0.15, -0.1) is 0 Å². The molecule has 7 nitrogen and oxygen atoms in total. The van der Waals surface area contributed by atoms with Crippen molar-refractivity contribution in [2.75, 3.05) is 11.8 Å². The SMILES string of the molecule is CCn1nc(-c2ccc(C)c(S(=O)(=O)Nc3ccc(OC)cc3)c2)c2c(c1=O)CCCC2. The van der Waals surface area contributed by atoms with Crippen molar-refractivity contribution in [2.24, 2.45) is 0 Å². The molecule has 32 heavy (non-hydrogen) atoms. The van der Waals surface area contributed by atoms with Crippen LogP contribution < -0.4 is 15.0 Å². The van der Waals surface area contributed by atoms with E-state index in [2.05, 4.69) is 9.82 Å². The first-order chi connectivity index (χ1) is 15.3. The summed E-state index contributed by atoms with van der Waals surface area (Å²) in [6.07, 6.45) is 3.49. The van der Waals surface area contributed by atoms with E-state index in [0.29, 0.717) is 34.8 Å². The molecule has 4 rings (SSSR count). The van der Waals surface area contributed by atoms with Gasteiger partial charge < -0.3 is 4.74 Å². The predicted molar refractivity (Wildman–Crippen MR) is 125 cm³/mol. The smallest absolute Gasteiger partial charge is 0.270 e. The van der Waals surface area contributed by atoms with Crippen molar-refractivity contribution < 1.29 is 13.2 Å². The van der Waals surface area contributed by atoms with Crippen molar-refractivity contribution in [1.29, 1.82) is 0 Å². The average molecular weight is 454 g/mol. The zero-order valence-electron chi connectivity index (χ0n) is 18.5. The number of benzene rings is 2. The number of ether oxygens (including phenoxy) is 1. The van der Waals surface area contributed by atoms with Gasteiger partial charge in [0.1, 0.15) is 5.75 Å². The molecule has 0 atom stereocenters. The highest BCUT2D eigenvalue weighted by Crippen LogP contribution is 2.31. The first kappa shape index (κ1) is 22.1. The lowest BCUT2D eigenvalue weighted by Gasteiger charge is -2.20. The number of fused-ring (bicyclic) bond motifs is 1. The lowest BCUT2D eigenvalue weighted by Crippen LogP contribution is -2.30. The van der Waals surface area contributed by atoms with Gasteiger partial charge in [-0.05, 0) is 81.0 Å². The number of hydrogen-bond acceptors (Lipinski definition) is 5. The monoisotopic (exact) mass is 453 g/mol. The van der Waals surface area contributed by atoms with E-state index >= 15 is 0 Å². The first-order valence-corrected chi connectivity index (χ1v) is 12.2. The van der Waals surface area contributed by atoms with Crippen LogP contribution in [0.2, 0.25) is 0 Å². The number of nitrogens with one attached hydrogen (secondary N) is 1. The van der Waals surface area contributed by atoms with E-state index in [0.717, 1.165) is 36.8 Å². The third kappa shape index (κ3) is 4.14. The van der Waals surface area contributed by atoms with Gasteiger partial charge in [-0.3, -0.25) is 9.52 Å². The van der Waals surface area contributed by atoms with Crippen molar-refractivity contribution in [1.82, 2.24) is 9.78 Å². The van der Waals surface area contributed by atoms with Gasteiger partial charge in [-0.2, -0.15) is 5.10 Å². The summed E-state index contributed by atoms with van der Waals surface area (Å²) in [5, 5.41) is 4.61. The fourth-order valence-corrected chi connectivity index (χ4v) is 5.47. The van der Waals surface area contributed by atoms with Crippen LogP contribution in [0.3, 0.4) is 0 Å². The Morgan fingerprint density at radius 2 is 1.75 bits per heavy atom. The normalized spacial score (nSPS) is 13.5. The van der Waals surface area contributed by atoms with Crippen LogP contribution in [0, 0.1) is 6.92 Å². The van der Waals surface area contributed by atoms with E-state index in [-0.39, 0.29) is 10.5 Å². The molecule has 1 aliphatic rings. The second-order valence-electron chi connectivity index (χ2n) is 7.95. The van der Waals surface area contributed by atoms with Crippen LogP contribution in [0.4, 0.5) is 5.69 Å². The van der Waals surface area contributed by atoms with Crippen LogP contribution in [-0.4, -0.2) is 25.3 Å². The maximum absolute atomic E-state index is 13.2. The molecule has 3 aromatic rings. The van der Waals surface area contributed by atoms with Crippen LogP contribution in [-0.2, 0) is 29.4 Å². The molecular weight excluding hydrogens is 426 g/mol. The highest BCUT2D eigenvalue weighted by molar-refractivity contribution is 7.92. The van der Waals surface area contributed by atoms with E-state index in [1.165, 1.54) is 4.68 Å². The summed E-state index contributed by atoms with van der Waals surface area (Å²) in [7, 11) is -2.27. The fraction of sp³-hybridized carbons (Fsp3) is 0.333. The van der Waals surface area contributed by atoms with Crippen molar-refractivity contribution in [3.05, 3.63) is 69.5 Å². The molecule has 1 aliphatic carbocycles. The largest absolute Gasteiger partial charge is 0.497 e. The molecule has 0 unspecified atom stereocenters. The van der Waals surface area contributed by atoms with Gasteiger partial charge >= 0.3 is 0 Å². The topological polar surface area (TPSA) is 90.3 Å². The number of methoxy groups -OCH3 is 1. The minimum atomic E-state index is -3.83. The van der Waals surface area contributed by atoms with E-state index in [1.54, 1.807) is 50.4 Å². The van der Waals surface area contributed by atoms with Crippen LogP contribution in [0.15, 0.2) is 52.2 Å². The number of rotatable bonds is 6. The molecule has 0 aliphatic heterocycles. The summed E-state index contributed by atoms with van der Waals surface area (Å²) >= 11 is 0. The molecule has 2 aromatic carbocycles. The van der Waals surface area contributed by atoms with Gasteiger partial charge in [0.15, 0.2) is 0 Å². The quantitative estimate of drug-likeness (QED) is 0.611. The molecule has 0 spiro atoms. The predicted octanol–water partition coefficient (Wildman–Crippen LogP) is 3.93. The minimum absolute atomic E-state index is 0.0351. The molecule has 0 fully saturated rings. The Labute approximate surface area is 188 Å². The first-order valence-electron chi connectivity index (χ1n) is 10.7. The standard InChI is InChI=1S/C24H27N3O4S/c1-4-27-24(28)21-8-6-5-7-20(21)23(25-27)17-10-9-16(2)22(15-17)32(29,30)26-18-11-13-19(31-3)14-12-18/h9-15,26H,4-8H2,1-3H3. The number of hydrogen-bond donors (Lipinski definition) is 1. The maximum atomic E-state index is 13.2. The second-order valence-corrected chi connectivity index (χ2v) is 9.60. The number of anilines is 1. The Bertz CT molecular complexity index is 1310. The maximum Gasteiger partial charge on any atom is 0.270 e. The second kappa shape index (κ2) is 8.78. The number of aromatic nitrogens is 2. The summed E-state index contributed by atoms with van der Waals surface area (Å²) in [6, 6.07) is 12.0. The Kier molecular flexibility index (Phi) is 6.06. The molecule has 0 radical (unpaired) electrons. The molecule has 0 bridgehead atoms. The molecule has 1 N–H and O–H groups in total. The molecule has 8 heteroatoms. The minimum Gasteiger partial charge on any atom is -0.497 e. The third-order valence-electron chi connectivity index (χ3n) is 5.86. The molecule has 0 saturated carbocycles. The van der Waals surface area contributed by atoms with Crippen LogP contribution in [0.1, 0.15) is 36.5 Å². The summed E-state index contributed by atoms with van der Waals surface area (Å²) in [6.45, 7) is 4.12. The van der Waals surface area contributed by atoms with E-state index in [9.17, 15) is 13.2 Å². The molecule has 168 valence electrons. The van der Waals surface area contributed by atoms with Gasteiger partial charge in [0, 0.05) is 23.4 Å². The molecule has 0 amide bonds. The summed E-state index contributed by atoms with van der Waals surface area (Å²) in [4.78, 5) is 12.9. The van der Waals surface area contributed by atoms with Gasteiger partial charge in [-0.25, -0.2) is 13.1 Å².